The van der Waals surface area contributed by atoms with Crippen molar-refractivity contribution in [2.45, 2.75) is 6.42 Å². The molecule has 1 aliphatic rings. The van der Waals surface area contributed by atoms with Crippen LogP contribution in [-0.4, -0.2) is 33.1 Å². The highest BCUT2D eigenvalue weighted by molar-refractivity contribution is 5.71. The van der Waals surface area contributed by atoms with Crippen LogP contribution in [0.5, 0.6) is 0 Å². The van der Waals surface area contributed by atoms with Crippen LogP contribution < -0.4 is 4.90 Å². The predicted octanol–water partition coefficient (Wildman–Crippen LogP) is 1.56. The highest BCUT2D eigenvalue weighted by Gasteiger charge is 2.24. The number of nitrogens with zero attached hydrogens (tertiary/aromatic N) is 1. The number of hydrogen-bond acceptors (Lipinski definition) is 4. The molecule has 1 unspecified atom stereocenters. The monoisotopic (exact) mass is 209 g/mol. The van der Waals surface area contributed by atoms with E-state index < -0.39 is 0 Å². The van der Waals surface area contributed by atoms with Crippen molar-refractivity contribution in [3.8, 4) is 0 Å². The minimum absolute atomic E-state index is 0.389. The fourth-order valence-electron chi connectivity index (χ4n) is 1.98. The molecule has 1 aromatic heterocycles. The van der Waals surface area contributed by atoms with E-state index in [2.05, 4.69) is 4.90 Å². The van der Waals surface area contributed by atoms with E-state index in [-0.39, 0.29) is 0 Å². The molecule has 0 amide bonds. The molecule has 1 aromatic rings. The van der Waals surface area contributed by atoms with Gasteiger partial charge >= 0.3 is 0 Å². The molecule has 1 saturated heterocycles. The van der Waals surface area contributed by atoms with Crippen LogP contribution >= 0.6 is 0 Å². The van der Waals surface area contributed by atoms with Crippen LogP contribution in [0, 0.1) is 5.92 Å². The van der Waals surface area contributed by atoms with Crippen LogP contribution in [0.3, 0.4) is 0 Å². The Hall–Kier alpha value is -1.29. The van der Waals surface area contributed by atoms with Crippen LogP contribution in [-0.2, 0) is 4.74 Å². The standard InChI is InChI=1S/C11H15NO3/c1-14-8-9-4-5-12(6-9)11-3-2-10(7-13)15-11/h2-3,7,9H,4-6,8H2,1H3. The third kappa shape index (κ3) is 2.21. The molecule has 15 heavy (non-hydrogen) atoms. The Morgan fingerprint density at radius 3 is 3.20 bits per heavy atom. The van der Waals surface area contributed by atoms with Crippen molar-refractivity contribution in [2.24, 2.45) is 5.92 Å². The van der Waals surface area contributed by atoms with Gasteiger partial charge in [-0.25, -0.2) is 0 Å². The summed E-state index contributed by atoms with van der Waals surface area (Å²) in [4.78, 5) is 12.6. The fourth-order valence-corrected chi connectivity index (χ4v) is 1.98. The maximum Gasteiger partial charge on any atom is 0.196 e. The largest absolute Gasteiger partial charge is 0.438 e. The minimum atomic E-state index is 0.389. The average molecular weight is 209 g/mol. The van der Waals surface area contributed by atoms with Gasteiger partial charge in [0.1, 0.15) is 0 Å². The van der Waals surface area contributed by atoms with Gasteiger partial charge in [-0.2, -0.15) is 0 Å². The van der Waals surface area contributed by atoms with Crippen LogP contribution in [0.15, 0.2) is 16.5 Å². The van der Waals surface area contributed by atoms with Crippen LogP contribution in [0.4, 0.5) is 5.88 Å². The quantitative estimate of drug-likeness (QED) is 0.706. The lowest BCUT2D eigenvalue weighted by atomic mass is 10.1. The van der Waals surface area contributed by atoms with Crippen molar-refractivity contribution in [2.75, 3.05) is 31.7 Å². The number of ether oxygens (including phenoxy) is 1. The minimum Gasteiger partial charge on any atom is -0.438 e. The maximum absolute atomic E-state index is 10.5. The molecule has 4 heteroatoms. The molecule has 0 N–H and O–H groups in total. The zero-order valence-electron chi connectivity index (χ0n) is 8.81. The molecule has 0 aromatic carbocycles. The summed E-state index contributed by atoms with van der Waals surface area (Å²) in [6.45, 7) is 2.71. The summed E-state index contributed by atoms with van der Waals surface area (Å²) in [6, 6.07) is 3.55. The number of carbonyl (C=O) groups excluding carboxylic acids is 1. The molecule has 2 rings (SSSR count). The Kier molecular flexibility index (Phi) is 3.06. The first-order valence-corrected chi connectivity index (χ1v) is 5.12. The third-order valence-electron chi connectivity index (χ3n) is 2.73. The van der Waals surface area contributed by atoms with Gasteiger partial charge in [-0.15, -0.1) is 0 Å². The summed E-state index contributed by atoms with van der Waals surface area (Å²) in [5.74, 6) is 1.75. The van der Waals surface area contributed by atoms with Crippen LogP contribution in [0.2, 0.25) is 0 Å². The van der Waals surface area contributed by atoms with E-state index in [1.807, 2.05) is 6.07 Å². The Morgan fingerprint density at radius 2 is 2.53 bits per heavy atom. The Bertz CT molecular complexity index is 334. The lowest BCUT2D eigenvalue weighted by Crippen LogP contribution is -2.20. The summed E-state index contributed by atoms with van der Waals surface area (Å²) in [7, 11) is 1.72. The molecule has 0 saturated carbocycles. The number of anilines is 1. The second kappa shape index (κ2) is 4.49. The molecule has 0 aliphatic carbocycles. The maximum atomic E-state index is 10.5. The van der Waals surface area contributed by atoms with Gasteiger partial charge in [0, 0.05) is 32.2 Å². The molecule has 1 atom stereocenters. The first kappa shape index (κ1) is 10.2. The van der Waals surface area contributed by atoms with Crippen molar-refractivity contribution in [3.05, 3.63) is 17.9 Å². The lowest BCUT2D eigenvalue weighted by molar-refractivity contribution is 0.110. The third-order valence-corrected chi connectivity index (χ3v) is 2.73. The van der Waals surface area contributed by atoms with E-state index in [1.165, 1.54) is 0 Å². The van der Waals surface area contributed by atoms with Crippen LogP contribution in [0.25, 0.3) is 0 Å². The van der Waals surface area contributed by atoms with E-state index in [0.29, 0.717) is 11.7 Å². The molecule has 82 valence electrons. The molecule has 0 spiro atoms. The number of furan rings is 1. The summed E-state index contributed by atoms with van der Waals surface area (Å²) >= 11 is 0. The van der Waals surface area contributed by atoms with Gasteiger partial charge in [-0.05, 0) is 12.5 Å². The summed E-state index contributed by atoms with van der Waals surface area (Å²) < 4.78 is 10.5. The highest BCUT2D eigenvalue weighted by Crippen LogP contribution is 2.25. The smallest absolute Gasteiger partial charge is 0.196 e. The summed E-state index contributed by atoms with van der Waals surface area (Å²) in [5, 5.41) is 0. The van der Waals surface area contributed by atoms with E-state index in [0.717, 1.165) is 38.3 Å². The van der Waals surface area contributed by atoms with Crippen molar-refractivity contribution in [1.29, 1.82) is 0 Å². The SMILES string of the molecule is COCC1CCN(c2ccc(C=O)o2)C1. The summed E-state index contributed by atoms with van der Waals surface area (Å²) in [5.41, 5.74) is 0. The molecule has 0 radical (unpaired) electrons. The van der Waals surface area contributed by atoms with E-state index >= 15 is 0 Å². The second-order valence-corrected chi connectivity index (χ2v) is 3.85. The van der Waals surface area contributed by atoms with E-state index in [9.17, 15) is 4.79 Å². The van der Waals surface area contributed by atoms with E-state index in [4.69, 9.17) is 9.15 Å². The number of rotatable bonds is 4. The van der Waals surface area contributed by atoms with Gasteiger partial charge in [-0.3, -0.25) is 4.79 Å². The van der Waals surface area contributed by atoms with Crippen molar-refractivity contribution in [3.63, 3.8) is 0 Å². The van der Waals surface area contributed by atoms with Gasteiger partial charge in [0.2, 0.25) is 0 Å². The zero-order valence-corrected chi connectivity index (χ0v) is 8.81. The first-order chi connectivity index (χ1) is 7.33. The molecule has 0 bridgehead atoms. The molecule has 4 nitrogen and oxygen atoms in total. The van der Waals surface area contributed by atoms with E-state index in [1.54, 1.807) is 13.2 Å². The Balaban J connectivity index is 1.98. The van der Waals surface area contributed by atoms with Crippen LogP contribution in [0.1, 0.15) is 17.0 Å². The topological polar surface area (TPSA) is 42.7 Å². The van der Waals surface area contributed by atoms with Gasteiger partial charge in [0.05, 0.1) is 6.61 Å². The Morgan fingerprint density at radius 1 is 1.67 bits per heavy atom. The summed E-state index contributed by atoms with van der Waals surface area (Å²) in [6.07, 6.45) is 1.84. The fraction of sp³-hybridized carbons (Fsp3) is 0.545. The molecule has 1 fully saturated rings. The molecular weight excluding hydrogens is 194 g/mol. The predicted molar refractivity (Wildman–Crippen MR) is 56.3 cm³/mol. The highest BCUT2D eigenvalue weighted by atomic mass is 16.5. The van der Waals surface area contributed by atoms with Gasteiger partial charge < -0.3 is 14.1 Å². The number of methoxy groups -OCH3 is 1. The van der Waals surface area contributed by atoms with Gasteiger partial charge in [-0.1, -0.05) is 0 Å². The zero-order chi connectivity index (χ0) is 10.7. The lowest BCUT2D eigenvalue weighted by Gasteiger charge is -2.14. The molecule has 2 heterocycles. The second-order valence-electron chi connectivity index (χ2n) is 3.85. The molecule has 1 aliphatic heterocycles. The number of hydrogen-bond donors (Lipinski definition) is 0. The van der Waals surface area contributed by atoms with Crippen molar-refractivity contribution in [1.82, 2.24) is 0 Å². The Labute approximate surface area is 88.8 Å². The normalized spacial score (nSPS) is 20.9. The molecular formula is C11H15NO3. The first-order valence-electron chi connectivity index (χ1n) is 5.12. The average Bonchev–Trinajstić information content (AvgIpc) is 2.85. The number of carbonyl (C=O) groups is 1. The number of aldehydes is 1. The van der Waals surface area contributed by atoms with Gasteiger partial charge in [0.15, 0.2) is 17.9 Å². The van der Waals surface area contributed by atoms with Crippen molar-refractivity contribution < 1.29 is 13.9 Å². The van der Waals surface area contributed by atoms with Crippen molar-refractivity contribution >= 4 is 12.2 Å². The van der Waals surface area contributed by atoms with Gasteiger partial charge in [0.25, 0.3) is 0 Å².